The molecule has 0 atom stereocenters. The van der Waals surface area contributed by atoms with Crippen molar-refractivity contribution in [3.63, 3.8) is 0 Å². The maximum atomic E-state index is 11.8. The fourth-order valence-corrected chi connectivity index (χ4v) is 5.24. The number of thiophene rings is 1. The van der Waals surface area contributed by atoms with Crippen LogP contribution in [0.15, 0.2) is 30.5 Å². The number of amides is 1. The number of aliphatic hydroxyl groups is 1. The van der Waals surface area contributed by atoms with E-state index in [0.717, 1.165) is 52.1 Å². The molecule has 1 saturated heterocycles. The molecule has 3 aromatic heterocycles. The standard InChI is InChI=1S/C22H26N8O2S/c23-11-19(32)30-7-5-29(6-8-30)13-14-10-18-20(33-14)22(24-4-9-31)27-21(26-18)15-2-1-3-17-16(15)12-25-28-17/h1-3,10,12,31H,4-9,11,13,23H2,(H,25,28)(H,24,26,27). The van der Waals surface area contributed by atoms with Crippen molar-refractivity contribution in [3.05, 3.63) is 35.3 Å². The third kappa shape index (κ3) is 4.40. The van der Waals surface area contributed by atoms with Gasteiger partial charge in [-0.15, -0.1) is 11.3 Å². The van der Waals surface area contributed by atoms with Gasteiger partial charge in [-0.1, -0.05) is 12.1 Å². The highest BCUT2D eigenvalue weighted by Gasteiger charge is 2.21. The van der Waals surface area contributed by atoms with Crippen LogP contribution in [0, 0.1) is 0 Å². The number of aromatic nitrogens is 4. The largest absolute Gasteiger partial charge is 0.395 e. The highest BCUT2D eigenvalue weighted by atomic mass is 32.1. The van der Waals surface area contributed by atoms with Crippen molar-refractivity contribution in [2.45, 2.75) is 6.54 Å². The summed E-state index contributed by atoms with van der Waals surface area (Å²) in [5, 5.41) is 20.7. The van der Waals surface area contributed by atoms with Gasteiger partial charge in [0.15, 0.2) is 5.82 Å². The summed E-state index contributed by atoms with van der Waals surface area (Å²) in [4.78, 5) is 26.9. The predicted molar refractivity (Wildman–Crippen MR) is 129 cm³/mol. The molecule has 0 aliphatic carbocycles. The van der Waals surface area contributed by atoms with E-state index in [1.54, 1.807) is 17.5 Å². The Balaban J connectivity index is 1.44. The zero-order valence-corrected chi connectivity index (χ0v) is 18.9. The Morgan fingerprint density at radius 1 is 1.24 bits per heavy atom. The molecule has 0 spiro atoms. The van der Waals surface area contributed by atoms with Crippen molar-refractivity contribution < 1.29 is 9.90 Å². The number of H-pyrrole nitrogens is 1. The van der Waals surface area contributed by atoms with Gasteiger partial charge in [0.25, 0.3) is 0 Å². The van der Waals surface area contributed by atoms with Gasteiger partial charge in [0, 0.05) is 55.1 Å². The Hall–Kier alpha value is -3.12. The first-order valence-electron chi connectivity index (χ1n) is 10.9. The molecule has 10 nitrogen and oxygen atoms in total. The van der Waals surface area contributed by atoms with Crippen LogP contribution in [0.25, 0.3) is 32.5 Å². The second-order valence-electron chi connectivity index (χ2n) is 7.97. The van der Waals surface area contributed by atoms with Gasteiger partial charge in [-0.05, 0) is 12.1 Å². The number of aliphatic hydroxyl groups excluding tert-OH is 1. The Morgan fingerprint density at radius 3 is 2.88 bits per heavy atom. The smallest absolute Gasteiger partial charge is 0.236 e. The lowest BCUT2D eigenvalue weighted by molar-refractivity contribution is -0.131. The highest BCUT2D eigenvalue weighted by Crippen LogP contribution is 2.34. The number of fused-ring (bicyclic) bond motifs is 2. The van der Waals surface area contributed by atoms with E-state index >= 15 is 0 Å². The zero-order chi connectivity index (χ0) is 22.8. The number of hydrogen-bond donors (Lipinski definition) is 4. The van der Waals surface area contributed by atoms with Crippen LogP contribution in [0.4, 0.5) is 5.82 Å². The van der Waals surface area contributed by atoms with Crippen molar-refractivity contribution in [1.29, 1.82) is 0 Å². The Labute approximate surface area is 194 Å². The van der Waals surface area contributed by atoms with Gasteiger partial charge >= 0.3 is 0 Å². The first kappa shape index (κ1) is 21.7. The van der Waals surface area contributed by atoms with Gasteiger partial charge in [0.2, 0.25) is 5.91 Å². The summed E-state index contributed by atoms with van der Waals surface area (Å²) in [5.74, 6) is 1.35. The minimum Gasteiger partial charge on any atom is -0.395 e. The molecule has 11 heteroatoms. The molecule has 5 N–H and O–H groups in total. The summed E-state index contributed by atoms with van der Waals surface area (Å²) in [6.45, 7) is 4.30. The number of nitrogens with zero attached hydrogens (tertiary/aromatic N) is 5. The Kier molecular flexibility index (Phi) is 6.18. The number of nitrogens with one attached hydrogen (secondary N) is 2. The zero-order valence-electron chi connectivity index (χ0n) is 18.1. The molecule has 1 aliphatic rings. The SMILES string of the molecule is NCC(=O)N1CCN(Cc2cc3nc(-c4cccc5[nH]ncc45)nc(NCCO)c3s2)CC1. The lowest BCUT2D eigenvalue weighted by Crippen LogP contribution is -2.49. The summed E-state index contributed by atoms with van der Waals surface area (Å²) in [6, 6.07) is 8.03. The molecule has 0 unspecified atom stereocenters. The molecule has 172 valence electrons. The molecule has 1 aliphatic heterocycles. The number of nitrogens with two attached hydrogens (primary N) is 1. The number of anilines is 1. The van der Waals surface area contributed by atoms with Crippen LogP contribution in [0.2, 0.25) is 0 Å². The van der Waals surface area contributed by atoms with Crippen molar-refractivity contribution in [1.82, 2.24) is 30.0 Å². The molecule has 4 aromatic rings. The number of benzene rings is 1. The van der Waals surface area contributed by atoms with E-state index in [1.807, 2.05) is 23.1 Å². The molecule has 1 fully saturated rings. The van der Waals surface area contributed by atoms with E-state index in [2.05, 4.69) is 26.5 Å². The number of carbonyl (C=O) groups excluding carboxylic acids is 1. The molecule has 1 amide bonds. The van der Waals surface area contributed by atoms with Crippen molar-refractivity contribution in [2.75, 3.05) is 51.2 Å². The third-order valence-corrected chi connectivity index (χ3v) is 6.95. The molecule has 5 rings (SSSR count). The second-order valence-corrected chi connectivity index (χ2v) is 9.11. The Bertz CT molecular complexity index is 1280. The molecular formula is C22H26N8O2S. The summed E-state index contributed by atoms with van der Waals surface area (Å²) in [6.07, 6.45) is 1.78. The number of hydrogen-bond acceptors (Lipinski definition) is 9. The number of aromatic amines is 1. The van der Waals surface area contributed by atoms with Crippen LogP contribution < -0.4 is 11.1 Å². The van der Waals surface area contributed by atoms with E-state index < -0.39 is 0 Å². The van der Waals surface area contributed by atoms with E-state index in [9.17, 15) is 9.90 Å². The molecule has 1 aromatic carbocycles. The van der Waals surface area contributed by atoms with Crippen molar-refractivity contribution in [3.8, 4) is 11.4 Å². The second kappa shape index (κ2) is 9.40. The predicted octanol–water partition coefficient (Wildman–Crippen LogP) is 1.24. The molecule has 0 bridgehead atoms. The highest BCUT2D eigenvalue weighted by molar-refractivity contribution is 7.19. The van der Waals surface area contributed by atoms with E-state index in [0.29, 0.717) is 25.5 Å². The molecule has 33 heavy (non-hydrogen) atoms. The molecule has 4 heterocycles. The van der Waals surface area contributed by atoms with Gasteiger partial charge in [-0.25, -0.2) is 9.97 Å². The van der Waals surface area contributed by atoms with Gasteiger partial charge < -0.3 is 21.1 Å². The fraction of sp³-hybridized carbons (Fsp3) is 0.364. The third-order valence-electron chi connectivity index (χ3n) is 5.83. The van der Waals surface area contributed by atoms with Gasteiger partial charge in [0.05, 0.1) is 35.1 Å². The minimum absolute atomic E-state index is 0.00607. The van der Waals surface area contributed by atoms with E-state index in [-0.39, 0.29) is 19.1 Å². The van der Waals surface area contributed by atoms with E-state index in [4.69, 9.17) is 15.7 Å². The average Bonchev–Trinajstić information content (AvgIpc) is 3.49. The number of rotatable bonds is 7. The summed E-state index contributed by atoms with van der Waals surface area (Å²) in [5.41, 5.74) is 8.20. The first-order valence-corrected chi connectivity index (χ1v) is 11.8. The fourth-order valence-electron chi connectivity index (χ4n) is 4.14. The summed E-state index contributed by atoms with van der Waals surface area (Å²) in [7, 11) is 0. The van der Waals surface area contributed by atoms with Gasteiger partial charge in [-0.2, -0.15) is 5.10 Å². The van der Waals surface area contributed by atoms with Crippen molar-refractivity contribution >= 4 is 44.2 Å². The monoisotopic (exact) mass is 466 g/mol. The Morgan fingerprint density at radius 2 is 2.09 bits per heavy atom. The lowest BCUT2D eigenvalue weighted by Gasteiger charge is -2.34. The van der Waals surface area contributed by atoms with Crippen LogP contribution >= 0.6 is 11.3 Å². The van der Waals surface area contributed by atoms with Crippen LogP contribution in [-0.2, 0) is 11.3 Å². The summed E-state index contributed by atoms with van der Waals surface area (Å²) < 4.78 is 0.971. The van der Waals surface area contributed by atoms with Crippen LogP contribution in [0.1, 0.15) is 4.88 Å². The van der Waals surface area contributed by atoms with Gasteiger partial charge in [0.1, 0.15) is 5.82 Å². The topological polar surface area (TPSA) is 136 Å². The van der Waals surface area contributed by atoms with Crippen LogP contribution in [0.5, 0.6) is 0 Å². The maximum Gasteiger partial charge on any atom is 0.236 e. The summed E-state index contributed by atoms with van der Waals surface area (Å²) >= 11 is 1.66. The normalized spacial score (nSPS) is 14.9. The average molecular weight is 467 g/mol. The molecule has 0 saturated carbocycles. The van der Waals surface area contributed by atoms with Crippen LogP contribution in [0.3, 0.4) is 0 Å². The van der Waals surface area contributed by atoms with E-state index in [1.165, 1.54) is 4.88 Å². The van der Waals surface area contributed by atoms with Crippen molar-refractivity contribution in [2.24, 2.45) is 5.73 Å². The van der Waals surface area contributed by atoms with Crippen LogP contribution in [-0.4, -0.2) is 86.9 Å². The number of carbonyl (C=O) groups is 1. The lowest BCUT2D eigenvalue weighted by atomic mass is 10.1. The quantitative estimate of drug-likeness (QED) is 0.319. The maximum absolute atomic E-state index is 11.8. The minimum atomic E-state index is 0.00607. The van der Waals surface area contributed by atoms with Gasteiger partial charge in [-0.3, -0.25) is 14.8 Å². The molecular weight excluding hydrogens is 440 g/mol. The number of piperazine rings is 1. The molecule has 0 radical (unpaired) electrons. The first-order chi connectivity index (χ1) is 16.2.